The molecule has 3 N–H and O–H groups in total. The molecule has 0 saturated heterocycles. The highest BCUT2D eigenvalue weighted by molar-refractivity contribution is 9.10. The molecule has 0 aliphatic rings. The third kappa shape index (κ3) is 3.94. The maximum absolute atomic E-state index is 12.1. The second kappa shape index (κ2) is 6.91. The summed E-state index contributed by atoms with van der Waals surface area (Å²) < 4.78 is 0.626. The summed E-state index contributed by atoms with van der Waals surface area (Å²) >= 11 is 9.29. The maximum Gasteiger partial charge on any atom is 0.253 e. The average molecular weight is 348 g/mol. The quantitative estimate of drug-likeness (QED) is 0.859. The van der Waals surface area contributed by atoms with E-state index in [-0.39, 0.29) is 5.92 Å². The number of benzene rings is 1. The molecule has 0 bridgehead atoms. The van der Waals surface area contributed by atoms with E-state index in [1.807, 2.05) is 13.8 Å². The van der Waals surface area contributed by atoms with Crippen molar-refractivity contribution in [3.8, 4) is 0 Å². The van der Waals surface area contributed by atoms with Gasteiger partial charge in [0.2, 0.25) is 5.91 Å². The van der Waals surface area contributed by atoms with Gasteiger partial charge in [-0.15, -0.1) is 0 Å². The Bertz CT molecular complexity index is 494. The molecule has 2 amide bonds. The molecule has 0 radical (unpaired) electrons. The van der Waals surface area contributed by atoms with Gasteiger partial charge in [-0.05, 0) is 34.0 Å². The number of hydrogen-bond donors (Lipinski definition) is 2. The monoisotopic (exact) mass is 346 g/mol. The Balaban J connectivity index is 2.94. The van der Waals surface area contributed by atoms with Crippen LogP contribution >= 0.6 is 27.5 Å². The van der Waals surface area contributed by atoms with Gasteiger partial charge in [0, 0.05) is 4.47 Å². The number of hydrogen-bond acceptors (Lipinski definition) is 2. The molecule has 0 heterocycles. The Morgan fingerprint density at radius 3 is 2.63 bits per heavy atom. The summed E-state index contributed by atoms with van der Waals surface area (Å²) in [6.07, 6.45) is 0.736. The van der Waals surface area contributed by atoms with Crippen LogP contribution in [0.15, 0.2) is 22.7 Å². The smallest absolute Gasteiger partial charge is 0.253 e. The summed E-state index contributed by atoms with van der Waals surface area (Å²) in [6.45, 7) is 3.79. The summed E-state index contributed by atoms with van der Waals surface area (Å²) in [4.78, 5) is 23.5. The highest BCUT2D eigenvalue weighted by Gasteiger charge is 2.25. The lowest BCUT2D eigenvalue weighted by Gasteiger charge is -2.21. The lowest BCUT2D eigenvalue weighted by atomic mass is 9.98. The summed E-state index contributed by atoms with van der Waals surface area (Å²) in [5, 5.41) is 2.95. The van der Waals surface area contributed by atoms with Crippen molar-refractivity contribution in [2.24, 2.45) is 11.7 Å². The summed E-state index contributed by atoms with van der Waals surface area (Å²) in [5.41, 5.74) is 5.62. The topological polar surface area (TPSA) is 72.2 Å². The van der Waals surface area contributed by atoms with E-state index in [1.165, 1.54) is 0 Å². The van der Waals surface area contributed by atoms with Gasteiger partial charge in [-0.1, -0.05) is 37.9 Å². The van der Waals surface area contributed by atoms with Crippen molar-refractivity contribution in [3.05, 3.63) is 33.3 Å². The SMILES string of the molecule is CC[C@H](C)[C@H](NC(=O)c1cccc(Br)c1Cl)C(N)=O. The van der Waals surface area contributed by atoms with Crippen molar-refractivity contribution in [2.75, 3.05) is 0 Å². The fraction of sp³-hybridized carbons (Fsp3) is 0.385. The van der Waals surface area contributed by atoms with Gasteiger partial charge in [0.05, 0.1) is 10.6 Å². The van der Waals surface area contributed by atoms with Crippen LogP contribution in [0.5, 0.6) is 0 Å². The third-order valence-electron chi connectivity index (χ3n) is 3.00. The van der Waals surface area contributed by atoms with Crippen LogP contribution in [0.1, 0.15) is 30.6 Å². The van der Waals surface area contributed by atoms with E-state index >= 15 is 0 Å². The van der Waals surface area contributed by atoms with Crippen LogP contribution in [0.3, 0.4) is 0 Å². The fourth-order valence-corrected chi connectivity index (χ4v) is 2.21. The number of primary amides is 1. The normalized spacial score (nSPS) is 13.7. The van der Waals surface area contributed by atoms with Crippen molar-refractivity contribution in [1.82, 2.24) is 5.32 Å². The summed E-state index contributed by atoms with van der Waals surface area (Å²) in [5.74, 6) is -0.989. The highest BCUT2D eigenvalue weighted by atomic mass is 79.9. The van der Waals surface area contributed by atoms with Gasteiger partial charge in [-0.2, -0.15) is 0 Å². The Morgan fingerprint density at radius 1 is 1.47 bits per heavy atom. The molecular weight excluding hydrogens is 332 g/mol. The zero-order valence-electron chi connectivity index (χ0n) is 10.7. The average Bonchev–Trinajstić information content (AvgIpc) is 2.37. The van der Waals surface area contributed by atoms with Gasteiger partial charge in [-0.3, -0.25) is 9.59 Å². The number of nitrogens with two attached hydrogens (primary N) is 1. The van der Waals surface area contributed by atoms with Crippen LogP contribution in [0.4, 0.5) is 0 Å². The molecule has 0 aliphatic carbocycles. The maximum atomic E-state index is 12.1. The number of halogens is 2. The van der Waals surface area contributed by atoms with Crippen LogP contribution in [0, 0.1) is 5.92 Å². The van der Waals surface area contributed by atoms with E-state index in [4.69, 9.17) is 17.3 Å². The molecule has 1 rings (SSSR count). The van der Waals surface area contributed by atoms with Gasteiger partial charge in [0.1, 0.15) is 6.04 Å². The van der Waals surface area contributed by atoms with Crippen LogP contribution in [0.25, 0.3) is 0 Å². The van der Waals surface area contributed by atoms with Crippen LogP contribution in [0.2, 0.25) is 5.02 Å². The molecule has 0 saturated carbocycles. The summed E-state index contributed by atoms with van der Waals surface area (Å²) in [6, 6.07) is 4.33. The van der Waals surface area contributed by atoms with Crippen LogP contribution in [-0.2, 0) is 4.79 Å². The molecule has 6 heteroatoms. The second-order valence-electron chi connectivity index (χ2n) is 4.34. The first kappa shape index (κ1) is 16.0. The molecule has 0 spiro atoms. The number of nitrogens with one attached hydrogen (secondary N) is 1. The molecule has 0 fully saturated rings. The largest absolute Gasteiger partial charge is 0.368 e. The van der Waals surface area contributed by atoms with E-state index in [9.17, 15) is 9.59 Å². The Kier molecular flexibility index (Phi) is 5.82. The number of rotatable bonds is 5. The van der Waals surface area contributed by atoms with E-state index in [0.29, 0.717) is 15.1 Å². The first-order chi connectivity index (χ1) is 8.88. The van der Waals surface area contributed by atoms with Crippen molar-refractivity contribution < 1.29 is 9.59 Å². The molecule has 1 aromatic carbocycles. The number of amides is 2. The van der Waals surface area contributed by atoms with Crippen molar-refractivity contribution >= 4 is 39.3 Å². The Morgan fingerprint density at radius 2 is 2.11 bits per heavy atom. The molecule has 1 aromatic rings. The Hall–Kier alpha value is -1.07. The van der Waals surface area contributed by atoms with E-state index in [2.05, 4.69) is 21.2 Å². The first-order valence-electron chi connectivity index (χ1n) is 5.92. The Labute approximate surface area is 125 Å². The predicted octanol–water partition coefficient (Wildman–Crippen LogP) is 2.73. The third-order valence-corrected chi connectivity index (χ3v) is 4.30. The molecule has 0 unspecified atom stereocenters. The zero-order valence-corrected chi connectivity index (χ0v) is 13.1. The van der Waals surface area contributed by atoms with Gasteiger partial charge in [0.15, 0.2) is 0 Å². The van der Waals surface area contributed by atoms with Gasteiger partial charge < -0.3 is 11.1 Å². The molecule has 2 atom stereocenters. The minimum Gasteiger partial charge on any atom is -0.368 e. The fourth-order valence-electron chi connectivity index (χ4n) is 1.63. The van der Waals surface area contributed by atoms with Gasteiger partial charge >= 0.3 is 0 Å². The number of carbonyl (C=O) groups is 2. The molecule has 0 aliphatic heterocycles. The minimum absolute atomic E-state index is 0.0348. The lowest BCUT2D eigenvalue weighted by Crippen LogP contribution is -2.48. The number of carbonyl (C=O) groups excluding carboxylic acids is 2. The molecule has 4 nitrogen and oxygen atoms in total. The molecule has 0 aromatic heterocycles. The first-order valence-corrected chi connectivity index (χ1v) is 7.09. The molecule has 19 heavy (non-hydrogen) atoms. The van der Waals surface area contributed by atoms with Gasteiger partial charge in [0.25, 0.3) is 5.91 Å². The van der Waals surface area contributed by atoms with Crippen LogP contribution in [-0.4, -0.2) is 17.9 Å². The molecule has 104 valence electrons. The van der Waals surface area contributed by atoms with Crippen molar-refractivity contribution in [3.63, 3.8) is 0 Å². The summed E-state index contributed by atoms with van der Waals surface area (Å²) in [7, 11) is 0. The standard InChI is InChI=1S/C13H16BrClN2O2/c1-3-7(2)11(12(16)18)17-13(19)8-5-4-6-9(14)10(8)15/h4-7,11H,3H2,1-2H3,(H2,16,18)(H,17,19)/t7-,11-/m0/s1. The van der Waals surface area contributed by atoms with Crippen molar-refractivity contribution in [2.45, 2.75) is 26.3 Å². The zero-order chi connectivity index (χ0) is 14.6. The van der Waals surface area contributed by atoms with E-state index in [0.717, 1.165) is 6.42 Å². The molecular formula is C13H16BrClN2O2. The minimum atomic E-state index is -0.701. The van der Waals surface area contributed by atoms with E-state index < -0.39 is 17.9 Å². The van der Waals surface area contributed by atoms with Crippen LogP contribution < -0.4 is 11.1 Å². The van der Waals surface area contributed by atoms with Gasteiger partial charge in [-0.25, -0.2) is 0 Å². The second-order valence-corrected chi connectivity index (χ2v) is 5.57. The van der Waals surface area contributed by atoms with E-state index in [1.54, 1.807) is 18.2 Å². The highest BCUT2D eigenvalue weighted by Crippen LogP contribution is 2.26. The lowest BCUT2D eigenvalue weighted by molar-refractivity contribution is -0.120. The predicted molar refractivity (Wildman–Crippen MR) is 79.1 cm³/mol. The van der Waals surface area contributed by atoms with Crippen molar-refractivity contribution in [1.29, 1.82) is 0 Å².